The molecular weight excluding hydrogens is 654 g/mol. The maximum absolute atomic E-state index is 12.4. The number of halogens is 2. The molecule has 2 N–H and O–H groups in total. The summed E-state index contributed by atoms with van der Waals surface area (Å²) in [6, 6.07) is 9.56. The molecule has 13 heteroatoms. The van der Waals surface area contributed by atoms with Gasteiger partial charge in [0, 0.05) is 31.9 Å². The number of sulfonamides is 1. The van der Waals surface area contributed by atoms with Gasteiger partial charge >= 0.3 is 0 Å². The summed E-state index contributed by atoms with van der Waals surface area (Å²) < 4.78 is 32.7. The number of hydrogen-bond donors (Lipinski definition) is 2. The Morgan fingerprint density at radius 2 is 1.74 bits per heavy atom. The lowest BCUT2D eigenvalue weighted by molar-refractivity contribution is 0.0945. The van der Waals surface area contributed by atoms with Gasteiger partial charge in [-0.2, -0.15) is 4.98 Å². The van der Waals surface area contributed by atoms with E-state index in [4.69, 9.17) is 16.3 Å². The van der Waals surface area contributed by atoms with Gasteiger partial charge in [-0.1, -0.05) is 23.7 Å². The van der Waals surface area contributed by atoms with E-state index in [-0.39, 0.29) is 0 Å². The fraction of sp³-hybridized carbons (Fsp3) is 0.467. The minimum Gasteiger partial charge on any atom is -0.494 e. The molecule has 2 saturated heterocycles. The van der Waals surface area contributed by atoms with E-state index in [0.717, 1.165) is 24.3 Å². The van der Waals surface area contributed by atoms with Crippen LogP contribution in [0.4, 0.5) is 34.5 Å². The number of ether oxygens (including phenoxy) is 1. The first-order valence-electron chi connectivity index (χ1n) is 14.5. The highest BCUT2D eigenvalue weighted by Crippen LogP contribution is 2.45. The van der Waals surface area contributed by atoms with Crippen molar-refractivity contribution in [3.05, 3.63) is 51.6 Å². The van der Waals surface area contributed by atoms with Crippen LogP contribution in [0.3, 0.4) is 0 Å². The summed E-state index contributed by atoms with van der Waals surface area (Å²) in [6.07, 6.45) is 8.41. The van der Waals surface area contributed by atoms with Crippen molar-refractivity contribution in [3.8, 4) is 5.75 Å². The topological polar surface area (TPSA) is 103 Å². The van der Waals surface area contributed by atoms with Gasteiger partial charge in [0.05, 0.1) is 45.6 Å². The molecular formula is C30H37BrClN7O3S. The molecule has 0 aliphatic carbocycles. The van der Waals surface area contributed by atoms with Crippen molar-refractivity contribution in [2.45, 2.75) is 32.1 Å². The van der Waals surface area contributed by atoms with E-state index in [0.29, 0.717) is 62.5 Å². The fourth-order valence-electron chi connectivity index (χ4n) is 6.48. The van der Waals surface area contributed by atoms with Crippen LogP contribution in [-0.2, 0) is 16.4 Å². The highest BCUT2D eigenvalue weighted by Gasteiger charge is 2.37. The predicted molar refractivity (Wildman–Crippen MR) is 177 cm³/mol. The lowest BCUT2D eigenvalue weighted by atomic mass is 9.71. The molecule has 2 aromatic carbocycles. The van der Waals surface area contributed by atoms with Crippen molar-refractivity contribution >= 4 is 72.1 Å². The van der Waals surface area contributed by atoms with Crippen LogP contribution in [0.1, 0.15) is 31.2 Å². The Kier molecular flexibility index (Phi) is 8.40. The van der Waals surface area contributed by atoms with Gasteiger partial charge in [-0.05, 0) is 91.3 Å². The summed E-state index contributed by atoms with van der Waals surface area (Å²) in [5.41, 5.74) is 4.34. The zero-order chi connectivity index (χ0) is 30.4. The average Bonchev–Trinajstić information content (AvgIpc) is 3.44. The number of nitrogens with zero attached hydrogens (tertiary/aromatic N) is 5. The quantitative estimate of drug-likeness (QED) is 0.308. The number of rotatable bonds is 7. The highest BCUT2D eigenvalue weighted by atomic mass is 79.9. The second-order valence-corrected chi connectivity index (χ2v) is 15.0. The summed E-state index contributed by atoms with van der Waals surface area (Å²) >= 11 is 10.4. The first-order chi connectivity index (χ1) is 20.5. The molecule has 0 atom stereocenters. The number of hydrogen-bond acceptors (Lipinski definition) is 9. The predicted octanol–water partition coefficient (Wildman–Crippen LogP) is 6.02. The van der Waals surface area contributed by atoms with Gasteiger partial charge < -0.3 is 25.2 Å². The third-order valence-electron chi connectivity index (χ3n) is 9.08. The maximum atomic E-state index is 12.4. The lowest BCUT2D eigenvalue weighted by Gasteiger charge is -2.47. The van der Waals surface area contributed by atoms with Crippen LogP contribution in [0.15, 0.2) is 41.0 Å². The number of aromatic nitrogens is 2. The van der Waals surface area contributed by atoms with E-state index in [1.165, 1.54) is 49.3 Å². The molecule has 2 fully saturated rings. The van der Waals surface area contributed by atoms with Gasteiger partial charge in [0.15, 0.2) is 0 Å². The molecule has 230 valence electrons. The molecule has 0 amide bonds. The van der Waals surface area contributed by atoms with Crippen LogP contribution in [0.25, 0.3) is 0 Å². The number of benzene rings is 2. The first kappa shape index (κ1) is 30.2. The fourth-order valence-corrected chi connectivity index (χ4v) is 8.03. The number of nitrogens with one attached hydrogen (secondary N) is 2. The minimum atomic E-state index is -3.42. The molecule has 0 saturated carbocycles. The maximum Gasteiger partial charge on any atom is 0.232 e. The number of likely N-dealkylation sites (tertiary alicyclic amines) is 1. The molecule has 10 nitrogen and oxygen atoms in total. The Morgan fingerprint density at radius 1 is 1.02 bits per heavy atom. The van der Waals surface area contributed by atoms with Gasteiger partial charge in [0.2, 0.25) is 16.0 Å². The summed E-state index contributed by atoms with van der Waals surface area (Å²) in [5.74, 6) is 1.47. The molecule has 3 aliphatic rings. The second kappa shape index (κ2) is 11.9. The number of anilines is 6. The molecule has 3 aromatic rings. The number of methoxy groups -OCH3 is 1. The van der Waals surface area contributed by atoms with Crippen LogP contribution in [-0.4, -0.2) is 76.4 Å². The van der Waals surface area contributed by atoms with Crippen molar-refractivity contribution in [1.29, 1.82) is 0 Å². The van der Waals surface area contributed by atoms with Crippen molar-refractivity contribution in [2.75, 3.05) is 73.0 Å². The largest absolute Gasteiger partial charge is 0.494 e. The standard InChI is InChI=1S/C30H37BrClN7O3S/c1-37-13-8-30(9-14-37)10-15-38(16-11-30)25-18-26(42-2)24(17-22(25)32)35-29-33-19-21(31)28(36-29)34-23-6-4-5-20-7-12-39(27(20)23)43(3,40)41/h4-6,17-19H,7-16H2,1-3H3,(H2,33,34,35,36). The van der Waals surface area contributed by atoms with Crippen LogP contribution in [0.2, 0.25) is 5.02 Å². The van der Waals surface area contributed by atoms with Crippen molar-refractivity contribution in [1.82, 2.24) is 14.9 Å². The lowest BCUT2D eigenvalue weighted by Crippen LogP contribution is -2.46. The summed E-state index contributed by atoms with van der Waals surface area (Å²) in [4.78, 5) is 13.9. The summed E-state index contributed by atoms with van der Waals surface area (Å²) in [6.45, 7) is 4.72. The smallest absolute Gasteiger partial charge is 0.232 e. The van der Waals surface area contributed by atoms with E-state index in [1.54, 1.807) is 13.3 Å². The van der Waals surface area contributed by atoms with Gasteiger partial charge in [0.1, 0.15) is 11.6 Å². The van der Waals surface area contributed by atoms with E-state index < -0.39 is 10.0 Å². The highest BCUT2D eigenvalue weighted by molar-refractivity contribution is 9.10. The van der Waals surface area contributed by atoms with E-state index in [9.17, 15) is 8.42 Å². The Labute approximate surface area is 267 Å². The summed E-state index contributed by atoms with van der Waals surface area (Å²) in [7, 11) is 0.433. The zero-order valence-corrected chi connectivity index (χ0v) is 27.8. The molecule has 43 heavy (non-hydrogen) atoms. The van der Waals surface area contributed by atoms with Gasteiger partial charge in [-0.25, -0.2) is 13.4 Å². The van der Waals surface area contributed by atoms with Crippen molar-refractivity contribution < 1.29 is 13.2 Å². The SMILES string of the molecule is COc1cc(N2CCC3(CCN(C)CC3)CC2)c(Cl)cc1Nc1ncc(Br)c(Nc2cccc3c2N(S(C)(=O)=O)CC3)n1. The number of fused-ring (bicyclic) bond motifs is 1. The van der Waals surface area contributed by atoms with E-state index >= 15 is 0 Å². The van der Waals surface area contributed by atoms with Crippen LogP contribution >= 0.6 is 27.5 Å². The van der Waals surface area contributed by atoms with Gasteiger partial charge in [-0.3, -0.25) is 4.31 Å². The van der Waals surface area contributed by atoms with Crippen LogP contribution < -0.4 is 24.6 Å². The molecule has 3 aliphatic heterocycles. The Bertz CT molecular complexity index is 1620. The minimum absolute atomic E-state index is 0.336. The molecule has 6 rings (SSSR count). The number of piperidine rings is 2. The van der Waals surface area contributed by atoms with E-state index in [2.05, 4.69) is 53.4 Å². The number of para-hydroxylation sites is 1. The normalized spacial score (nSPS) is 18.5. The molecule has 0 radical (unpaired) electrons. The van der Waals surface area contributed by atoms with Crippen LogP contribution in [0.5, 0.6) is 5.75 Å². The van der Waals surface area contributed by atoms with Gasteiger partial charge in [-0.15, -0.1) is 0 Å². The third kappa shape index (κ3) is 6.25. The second-order valence-electron chi connectivity index (χ2n) is 11.8. The molecule has 1 spiro atoms. The molecule has 0 unspecified atom stereocenters. The average molecular weight is 691 g/mol. The van der Waals surface area contributed by atoms with Crippen LogP contribution in [0, 0.1) is 5.41 Å². The van der Waals surface area contributed by atoms with Crippen molar-refractivity contribution in [3.63, 3.8) is 0 Å². The monoisotopic (exact) mass is 689 g/mol. The Balaban J connectivity index is 1.21. The molecule has 4 heterocycles. The summed E-state index contributed by atoms with van der Waals surface area (Å²) in [5, 5.41) is 7.21. The van der Waals surface area contributed by atoms with Gasteiger partial charge in [0.25, 0.3) is 0 Å². The Hall–Kier alpha value is -2.80. The molecule has 1 aromatic heterocycles. The van der Waals surface area contributed by atoms with E-state index in [1.807, 2.05) is 30.3 Å². The first-order valence-corrected chi connectivity index (χ1v) is 17.5. The van der Waals surface area contributed by atoms with Crippen molar-refractivity contribution in [2.24, 2.45) is 5.41 Å². The molecule has 0 bridgehead atoms. The Morgan fingerprint density at radius 3 is 2.44 bits per heavy atom. The third-order valence-corrected chi connectivity index (χ3v) is 11.1. The zero-order valence-electron chi connectivity index (χ0n) is 24.7.